The first kappa shape index (κ1) is 23.6. The summed E-state index contributed by atoms with van der Waals surface area (Å²) in [5, 5.41) is 0. The molecule has 182 valence electrons. The van der Waals surface area contributed by atoms with Crippen LogP contribution in [0.25, 0.3) is 11.1 Å². The van der Waals surface area contributed by atoms with E-state index in [9.17, 15) is 19.2 Å². The number of hydrogen-bond donors (Lipinski definition) is 0. The van der Waals surface area contributed by atoms with Crippen molar-refractivity contribution in [2.24, 2.45) is 0 Å². The van der Waals surface area contributed by atoms with Crippen LogP contribution in [-0.4, -0.2) is 54.2 Å². The molecule has 2 aliphatic heterocycles. The highest BCUT2D eigenvalue weighted by molar-refractivity contribution is 6.22. The average molecular weight is 483 g/mol. The van der Waals surface area contributed by atoms with Gasteiger partial charge in [-0.15, -0.1) is 0 Å². The Bertz CT molecular complexity index is 1280. The molecular weight excluding hydrogens is 456 g/mol. The molecule has 0 bridgehead atoms. The predicted molar refractivity (Wildman–Crippen MR) is 135 cm³/mol. The van der Waals surface area contributed by atoms with Crippen molar-refractivity contribution in [3.63, 3.8) is 0 Å². The van der Waals surface area contributed by atoms with Crippen LogP contribution >= 0.6 is 0 Å². The minimum Gasteiger partial charge on any atom is -0.454 e. The summed E-state index contributed by atoms with van der Waals surface area (Å²) in [6.07, 6.45) is 2.25. The summed E-state index contributed by atoms with van der Waals surface area (Å²) in [4.78, 5) is 53.7. The highest BCUT2D eigenvalue weighted by atomic mass is 16.5. The number of rotatable bonds is 7. The van der Waals surface area contributed by atoms with Crippen molar-refractivity contribution in [3.05, 3.63) is 90.0 Å². The lowest BCUT2D eigenvalue weighted by atomic mass is 10.0. The Hall–Kier alpha value is -4.10. The van der Waals surface area contributed by atoms with Gasteiger partial charge in [-0.1, -0.05) is 54.6 Å². The van der Waals surface area contributed by atoms with Gasteiger partial charge in [-0.05, 0) is 61.3 Å². The van der Waals surface area contributed by atoms with Crippen LogP contribution in [0.5, 0.6) is 0 Å². The van der Waals surface area contributed by atoms with Crippen molar-refractivity contribution in [2.45, 2.75) is 25.3 Å². The van der Waals surface area contributed by atoms with E-state index >= 15 is 0 Å². The molecule has 2 heterocycles. The first-order valence-corrected chi connectivity index (χ1v) is 12.1. The van der Waals surface area contributed by atoms with Gasteiger partial charge < -0.3 is 4.74 Å². The standard InChI is InChI=1S/C29H26N2O5/c32-26(22-10-8-21(9-11-22)20-6-2-1-3-7-20)19-36-29(35)23-12-14-24(15-13-23)31-27(33)18-25(28(31)34)30-16-4-5-17-30/h1-3,6-15,25H,4-5,16-19H2. The number of benzene rings is 3. The fourth-order valence-electron chi connectivity index (χ4n) is 4.75. The minimum absolute atomic E-state index is 0.178. The molecule has 1 unspecified atom stereocenters. The van der Waals surface area contributed by atoms with E-state index in [-0.39, 0.29) is 36.2 Å². The second-order valence-corrected chi connectivity index (χ2v) is 9.02. The van der Waals surface area contributed by atoms with Crippen LogP contribution < -0.4 is 4.90 Å². The molecule has 3 aromatic rings. The maximum absolute atomic E-state index is 12.9. The van der Waals surface area contributed by atoms with E-state index in [1.165, 1.54) is 17.0 Å². The number of carbonyl (C=O) groups excluding carboxylic acids is 4. The number of imide groups is 1. The molecule has 0 saturated carbocycles. The Morgan fingerprint density at radius 2 is 1.39 bits per heavy atom. The highest BCUT2D eigenvalue weighted by Crippen LogP contribution is 2.28. The molecule has 2 aliphatic rings. The smallest absolute Gasteiger partial charge is 0.338 e. The van der Waals surface area contributed by atoms with E-state index in [1.807, 2.05) is 42.5 Å². The van der Waals surface area contributed by atoms with E-state index < -0.39 is 12.0 Å². The number of nitrogens with zero attached hydrogens (tertiary/aromatic N) is 2. The van der Waals surface area contributed by atoms with E-state index in [0.29, 0.717) is 11.3 Å². The van der Waals surface area contributed by atoms with Crippen molar-refractivity contribution in [3.8, 4) is 11.1 Å². The molecule has 0 aliphatic carbocycles. The van der Waals surface area contributed by atoms with Gasteiger partial charge >= 0.3 is 5.97 Å². The first-order chi connectivity index (χ1) is 17.5. The lowest BCUT2D eigenvalue weighted by molar-refractivity contribution is -0.122. The monoisotopic (exact) mass is 482 g/mol. The molecule has 2 fully saturated rings. The maximum atomic E-state index is 12.9. The minimum atomic E-state index is -0.648. The van der Waals surface area contributed by atoms with Gasteiger partial charge in [0, 0.05) is 5.56 Å². The number of anilines is 1. The van der Waals surface area contributed by atoms with Gasteiger partial charge in [0.15, 0.2) is 12.4 Å². The number of Topliss-reactive ketones (excluding diaryl/α,β-unsaturated/α-hetero) is 1. The Labute approximate surface area is 209 Å². The number of amides is 2. The molecule has 0 radical (unpaired) electrons. The van der Waals surface area contributed by atoms with E-state index in [4.69, 9.17) is 4.74 Å². The molecule has 2 saturated heterocycles. The van der Waals surface area contributed by atoms with Gasteiger partial charge in [0.25, 0.3) is 5.91 Å². The summed E-state index contributed by atoms with van der Waals surface area (Å²) in [7, 11) is 0. The first-order valence-electron chi connectivity index (χ1n) is 12.1. The molecule has 36 heavy (non-hydrogen) atoms. The maximum Gasteiger partial charge on any atom is 0.338 e. The van der Waals surface area contributed by atoms with Crippen LogP contribution in [-0.2, 0) is 14.3 Å². The van der Waals surface area contributed by atoms with Crippen molar-refractivity contribution >= 4 is 29.3 Å². The zero-order valence-corrected chi connectivity index (χ0v) is 19.8. The van der Waals surface area contributed by atoms with Gasteiger partial charge in [0.2, 0.25) is 5.91 Å². The fourth-order valence-corrected chi connectivity index (χ4v) is 4.75. The Balaban J connectivity index is 1.18. The summed E-state index contributed by atoms with van der Waals surface area (Å²) in [5.74, 6) is -1.41. The topological polar surface area (TPSA) is 84.0 Å². The lowest BCUT2D eigenvalue weighted by Gasteiger charge is -2.21. The van der Waals surface area contributed by atoms with E-state index in [0.717, 1.165) is 37.1 Å². The quantitative estimate of drug-likeness (QED) is 0.286. The fraction of sp³-hybridized carbons (Fsp3) is 0.241. The summed E-state index contributed by atoms with van der Waals surface area (Å²) in [6.45, 7) is 1.28. The third-order valence-electron chi connectivity index (χ3n) is 6.71. The number of ether oxygens (including phenoxy) is 1. The van der Waals surface area contributed by atoms with Gasteiger partial charge in [0.05, 0.1) is 23.7 Å². The van der Waals surface area contributed by atoms with Crippen molar-refractivity contribution in [1.82, 2.24) is 4.90 Å². The van der Waals surface area contributed by atoms with Crippen LogP contribution in [0.3, 0.4) is 0 Å². The van der Waals surface area contributed by atoms with Gasteiger partial charge in [-0.2, -0.15) is 0 Å². The largest absolute Gasteiger partial charge is 0.454 e. The summed E-state index contributed by atoms with van der Waals surface area (Å²) >= 11 is 0. The molecule has 0 N–H and O–H groups in total. The summed E-state index contributed by atoms with van der Waals surface area (Å²) < 4.78 is 5.21. The number of esters is 1. The van der Waals surface area contributed by atoms with E-state index in [2.05, 4.69) is 4.90 Å². The van der Waals surface area contributed by atoms with Crippen LogP contribution in [0.15, 0.2) is 78.9 Å². The molecule has 7 heteroatoms. The molecular formula is C29H26N2O5. The molecule has 1 atom stereocenters. The average Bonchev–Trinajstić information content (AvgIpc) is 3.55. The molecule has 0 aromatic heterocycles. The van der Waals surface area contributed by atoms with Crippen molar-refractivity contribution < 1.29 is 23.9 Å². The molecule has 2 amide bonds. The van der Waals surface area contributed by atoms with Crippen molar-refractivity contribution in [2.75, 3.05) is 24.6 Å². The highest BCUT2D eigenvalue weighted by Gasteiger charge is 2.43. The van der Waals surface area contributed by atoms with Gasteiger partial charge in [-0.3, -0.25) is 19.3 Å². The summed E-state index contributed by atoms with van der Waals surface area (Å²) in [6, 6.07) is 22.7. The van der Waals surface area contributed by atoms with Gasteiger partial charge in [-0.25, -0.2) is 9.69 Å². The number of hydrogen-bond acceptors (Lipinski definition) is 6. The summed E-state index contributed by atoms with van der Waals surface area (Å²) in [5.41, 5.74) is 3.16. The van der Waals surface area contributed by atoms with Crippen LogP contribution in [0.1, 0.15) is 40.0 Å². The molecule has 7 nitrogen and oxygen atoms in total. The SMILES string of the molecule is O=C(COC(=O)c1ccc(N2C(=O)CC(N3CCCC3)C2=O)cc1)c1ccc(-c2ccccc2)cc1. The predicted octanol–water partition coefficient (Wildman–Crippen LogP) is 4.12. The second-order valence-electron chi connectivity index (χ2n) is 9.02. The molecule has 5 rings (SSSR count). The van der Waals surface area contributed by atoms with E-state index in [1.54, 1.807) is 24.3 Å². The van der Waals surface area contributed by atoms with Crippen LogP contribution in [0, 0.1) is 0 Å². The lowest BCUT2D eigenvalue weighted by Crippen LogP contribution is -2.40. The third kappa shape index (κ3) is 4.83. The van der Waals surface area contributed by atoms with Crippen LogP contribution in [0.2, 0.25) is 0 Å². The zero-order valence-electron chi connectivity index (χ0n) is 19.8. The third-order valence-corrected chi connectivity index (χ3v) is 6.71. The number of ketones is 1. The van der Waals surface area contributed by atoms with Crippen LogP contribution in [0.4, 0.5) is 5.69 Å². The Morgan fingerprint density at radius 3 is 2.06 bits per heavy atom. The Morgan fingerprint density at radius 1 is 0.778 bits per heavy atom. The van der Waals surface area contributed by atoms with Crippen molar-refractivity contribution in [1.29, 1.82) is 0 Å². The van der Waals surface area contributed by atoms with Gasteiger partial charge in [0.1, 0.15) is 0 Å². The Kier molecular flexibility index (Phi) is 6.73. The second kappa shape index (κ2) is 10.3. The molecule has 0 spiro atoms. The molecule has 3 aromatic carbocycles. The number of likely N-dealkylation sites (tertiary alicyclic amines) is 1. The number of carbonyl (C=O) groups is 4. The normalized spacial score (nSPS) is 18.0. The zero-order chi connectivity index (χ0) is 25.1.